The lowest BCUT2D eigenvalue weighted by atomic mass is 10.1. The molecule has 2 atom stereocenters. The van der Waals surface area contributed by atoms with Crippen LogP contribution in [0.3, 0.4) is 0 Å². The molecule has 0 aromatic rings. The van der Waals surface area contributed by atoms with Gasteiger partial charge >= 0.3 is 6.18 Å². The first-order valence-corrected chi connectivity index (χ1v) is 6.41. The van der Waals surface area contributed by atoms with Crippen LogP contribution in [-0.2, 0) is 9.59 Å². The van der Waals surface area contributed by atoms with E-state index in [-0.39, 0.29) is 24.9 Å². The van der Waals surface area contributed by atoms with E-state index in [4.69, 9.17) is 0 Å². The van der Waals surface area contributed by atoms with Gasteiger partial charge in [-0.05, 0) is 25.7 Å². The second-order valence-electron chi connectivity index (χ2n) is 5.43. The fourth-order valence-electron chi connectivity index (χ4n) is 2.37. The summed E-state index contributed by atoms with van der Waals surface area (Å²) in [7, 11) is 0. The van der Waals surface area contributed by atoms with Gasteiger partial charge in [0.25, 0.3) is 0 Å². The molecule has 1 heterocycles. The van der Waals surface area contributed by atoms with Crippen LogP contribution in [0.1, 0.15) is 26.2 Å². The molecule has 108 valence electrons. The first-order chi connectivity index (χ1) is 8.76. The summed E-state index contributed by atoms with van der Waals surface area (Å²) in [6, 6.07) is 0.0410. The Labute approximate surface area is 109 Å². The van der Waals surface area contributed by atoms with E-state index < -0.39 is 24.5 Å². The topological polar surface area (TPSA) is 49.4 Å². The van der Waals surface area contributed by atoms with E-state index in [2.05, 4.69) is 5.32 Å². The van der Waals surface area contributed by atoms with Crippen molar-refractivity contribution < 1.29 is 22.8 Å². The molecular weight excluding hydrogens is 261 g/mol. The molecule has 19 heavy (non-hydrogen) atoms. The molecule has 2 amide bonds. The van der Waals surface area contributed by atoms with Gasteiger partial charge < -0.3 is 10.2 Å². The first-order valence-electron chi connectivity index (χ1n) is 6.41. The van der Waals surface area contributed by atoms with E-state index >= 15 is 0 Å². The van der Waals surface area contributed by atoms with Gasteiger partial charge in [0, 0.05) is 19.0 Å². The van der Waals surface area contributed by atoms with Crippen molar-refractivity contribution in [3.8, 4) is 0 Å². The number of likely N-dealkylation sites (tertiary alicyclic amines) is 1. The molecule has 0 spiro atoms. The molecule has 2 unspecified atom stereocenters. The number of amides is 2. The highest BCUT2D eigenvalue weighted by Crippen LogP contribution is 2.32. The number of carbonyl (C=O) groups excluding carboxylic acids is 2. The molecule has 7 heteroatoms. The molecule has 1 aliphatic heterocycles. The Morgan fingerprint density at radius 1 is 1.47 bits per heavy atom. The molecular formula is C12H17F3N2O2. The Morgan fingerprint density at radius 3 is 2.63 bits per heavy atom. The standard InChI is InChI=1S/C12H17F3N2O2/c1-7(8-2-3-8)16-11(19)9-4-10(18)17(5-9)6-12(13,14)15/h7-9H,2-6H2,1H3,(H,16,19). The lowest BCUT2D eigenvalue weighted by molar-refractivity contribution is -0.157. The number of alkyl halides is 3. The van der Waals surface area contributed by atoms with Crippen LogP contribution < -0.4 is 5.32 Å². The molecule has 0 radical (unpaired) electrons. The number of nitrogens with zero attached hydrogens (tertiary/aromatic N) is 1. The zero-order valence-corrected chi connectivity index (χ0v) is 10.7. The van der Waals surface area contributed by atoms with Gasteiger partial charge in [-0.1, -0.05) is 0 Å². The van der Waals surface area contributed by atoms with E-state index in [1.807, 2.05) is 6.92 Å². The summed E-state index contributed by atoms with van der Waals surface area (Å²) in [6.45, 7) is 0.481. The SMILES string of the molecule is CC(NC(=O)C1CC(=O)N(CC(F)(F)F)C1)C1CC1. The molecule has 0 aromatic carbocycles. The summed E-state index contributed by atoms with van der Waals surface area (Å²) in [6.07, 6.45) is -2.39. The van der Waals surface area contributed by atoms with E-state index in [9.17, 15) is 22.8 Å². The minimum absolute atomic E-state index is 0.0410. The summed E-state index contributed by atoms with van der Waals surface area (Å²) in [5.41, 5.74) is 0. The molecule has 1 saturated heterocycles. The molecule has 1 saturated carbocycles. The first kappa shape index (κ1) is 14.1. The fourth-order valence-corrected chi connectivity index (χ4v) is 2.37. The third-order valence-corrected chi connectivity index (χ3v) is 3.65. The van der Waals surface area contributed by atoms with Gasteiger partial charge in [0.2, 0.25) is 11.8 Å². The molecule has 2 rings (SSSR count). The van der Waals surface area contributed by atoms with E-state index in [0.717, 1.165) is 12.8 Å². The Bertz CT molecular complexity index is 380. The number of hydrogen-bond acceptors (Lipinski definition) is 2. The van der Waals surface area contributed by atoms with E-state index in [1.54, 1.807) is 0 Å². The van der Waals surface area contributed by atoms with E-state index in [1.165, 1.54) is 0 Å². The molecule has 2 aliphatic rings. The highest BCUT2D eigenvalue weighted by Gasteiger charge is 2.41. The van der Waals surface area contributed by atoms with Crippen LogP contribution in [0.2, 0.25) is 0 Å². The van der Waals surface area contributed by atoms with Crippen molar-refractivity contribution in [2.75, 3.05) is 13.1 Å². The summed E-state index contributed by atoms with van der Waals surface area (Å²) >= 11 is 0. The average molecular weight is 278 g/mol. The zero-order valence-electron chi connectivity index (χ0n) is 10.7. The third-order valence-electron chi connectivity index (χ3n) is 3.65. The van der Waals surface area contributed by atoms with Crippen LogP contribution in [0.4, 0.5) is 13.2 Å². The quantitative estimate of drug-likeness (QED) is 0.843. The van der Waals surface area contributed by atoms with Crippen molar-refractivity contribution in [2.24, 2.45) is 11.8 Å². The predicted molar refractivity (Wildman–Crippen MR) is 61.1 cm³/mol. The van der Waals surface area contributed by atoms with Gasteiger partial charge in [-0.25, -0.2) is 0 Å². The fraction of sp³-hybridized carbons (Fsp3) is 0.833. The van der Waals surface area contributed by atoms with E-state index in [0.29, 0.717) is 10.8 Å². The molecule has 1 N–H and O–H groups in total. The van der Waals surface area contributed by atoms with Gasteiger partial charge in [0.05, 0.1) is 5.92 Å². The van der Waals surface area contributed by atoms with Crippen molar-refractivity contribution >= 4 is 11.8 Å². The lowest BCUT2D eigenvalue weighted by Gasteiger charge is -2.19. The predicted octanol–water partition coefficient (Wildman–Crippen LogP) is 1.31. The molecule has 0 aromatic heterocycles. The third kappa shape index (κ3) is 3.84. The van der Waals surface area contributed by atoms with Crippen LogP contribution in [0.25, 0.3) is 0 Å². The smallest absolute Gasteiger partial charge is 0.353 e. The Balaban J connectivity index is 1.85. The number of nitrogens with one attached hydrogen (secondary N) is 1. The number of halogens is 3. The molecule has 4 nitrogen and oxygen atoms in total. The maximum atomic E-state index is 12.2. The van der Waals surface area contributed by atoms with Crippen LogP contribution in [0, 0.1) is 11.8 Å². The largest absolute Gasteiger partial charge is 0.406 e. The Hall–Kier alpha value is -1.27. The summed E-state index contributed by atoms with van der Waals surface area (Å²) in [5.74, 6) is -1.09. The van der Waals surface area contributed by atoms with Crippen molar-refractivity contribution in [2.45, 2.75) is 38.4 Å². The van der Waals surface area contributed by atoms with Crippen LogP contribution in [-0.4, -0.2) is 42.0 Å². The van der Waals surface area contributed by atoms with Gasteiger partial charge in [0.15, 0.2) is 0 Å². The minimum atomic E-state index is -4.41. The van der Waals surface area contributed by atoms with Crippen molar-refractivity contribution in [1.29, 1.82) is 0 Å². The molecule has 2 fully saturated rings. The highest BCUT2D eigenvalue weighted by atomic mass is 19.4. The van der Waals surface area contributed by atoms with Crippen LogP contribution in [0.5, 0.6) is 0 Å². The summed E-state index contributed by atoms with van der Waals surface area (Å²) in [5, 5.41) is 2.79. The normalized spacial score (nSPS) is 25.6. The Morgan fingerprint density at radius 2 is 2.11 bits per heavy atom. The Kier molecular flexibility index (Phi) is 3.73. The highest BCUT2D eigenvalue weighted by molar-refractivity contribution is 5.89. The van der Waals surface area contributed by atoms with Crippen LogP contribution >= 0.6 is 0 Å². The lowest BCUT2D eigenvalue weighted by Crippen LogP contribution is -2.40. The average Bonchev–Trinajstić information content (AvgIpc) is 3.04. The molecule has 1 aliphatic carbocycles. The maximum absolute atomic E-state index is 12.2. The molecule has 0 bridgehead atoms. The van der Waals surface area contributed by atoms with Gasteiger partial charge in [-0.15, -0.1) is 0 Å². The second kappa shape index (κ2) is 5.02. The monoisotopic (exact) mass is 278 g/mol. The number of rotatable bonds is 4. The number of hydrogen-bond donors (Lipinski definition) is 1. The number of carbonyl (C=O) groups is 2. The van der Waals surface area contributed by atoms with Crippen molar-refractivity contribution in [1.82, 2.24) is 10.2 Å². The van der Waals surface area contributed by atoms with Crippen molar-refractivity contribution in [3.05, 3.63) is 0 Å². The van der Waals surface area contributed by atoms with Gasteiger partial charge in [-0.3, -0.25) is 9.59 Å². The van der Waals surface area contributed by atoms with Gasteiger partial charge in [-0.2, -0.15) is 13.2 Å². The van der Waals surface area contributed by atoms with Gasteiger partial charge in [0.1, 0.15) is 6.54 Å². The van der Waals surface area contributed by atoms with Crippen molar-refractivity contribution in [3.63, 3.8) is 0 Å². The minimum Gasteiger partial charge on any atom is -0.353 e. The summed E-state index contributed by atoms with van der Waals surface area (Å²) < 4.78 is 36.7. The zero-order chi connectivity index (χ0) is 14.2. The van der Waals surface area contributed by atoms with Crippen LogP contribution in [0.15, 0.2) is 0 Å². The second-order valence-corrected chi connectivity index (χ2v) is 5.43. The maximum Gasteiger partial charge on any atom is 0.406 e. The summed E-state index contributed by atoms with van der Waals surface area (Å²) in [4.78, 5) is 24.0.